The van der Waals surface area contributed by atoms with Gasteiger partial charge in [0.15, 0.2) is 0 Å². The van der Waals surface area contributed by atoms with Crippen molar-refractivity contribution < 1.29 is 19.3 Å². The molecule has 18 heavy (non-hydrogen) atoms. The van der Waals surface area contributed by atoms with Crippen LogP contribution in [0, 0.1) is 10.1 Å². The number of benzene rings is 1. The van der Waals surface area contributed by atoms with Crippen molar-refractivity contribution in [2.24, 2.45) is 0 Å². The molecule has 0 aliphatic rings. The highest BCUT2D eigenvalue weighted by molar-refractivity contribution is 5.69. The van der Waals surface area contributed by atoms with Crippen LogP contribution in [0.3, 0.4) is 0 Å². The molecule has 8 heteroatoms. The molecule has 0 saturated heterocycles. The van der Waals surface area contributed by atoms with Gasteiger partial charge in [-0.2, -0.15) is 4.98 Å². The lowest BCUT2D eigenvalue weighted by molar-refractivity contribution is -0.384. The largest absolute Gasteiger partial charge is 0.481 e. The maximum atomic E-state index is 10.6. The zero-order chi connectivity index (χ0) is 13.1. The number of aromatic nitrogens is 2. The molecule has 0 bridgehead atoms. The zero-order valence-corrected chi connectivity index (χ0v) is 8.94. The fourth-order valence-corrected chi connectivity index (χ4v) is 1.33. The predicted octanol–water partition coefficient (Wildman–Crippen LogP) is 1.27. The van der Waals surface area contributed by atoms with E-state index in [1.807, 2.05) is 0 Å². The van der Waals surface area contributed by atoms with Crippen molar-refractivity contribution in [1.29, 1.82) is 0 Å². The molecule has 1 N–H and O–H groups in total. The zero-order valence-electron chi connectivity index (χ0n) is 8.94. The number of carboxylic acids is 1. The van der Waals surface area contributed by atoms with Gasteiger partial charge >= 0.3 is 5.97 Å². The molecule has 92 valence electrons. The van der Waals surface area contributed by atoms with Crippen molar-refractivity contribution in [2.75, 3.05) is 0 Å². The van der Waals surface area contributed by atoms with E-state index in [9.17, 15) is 14.9 Å². The number of hydrogen-bond donors (Lipinski definition) is 1. The van der Waals surface area contributed by atoms with Crippen molar-refractivity contribution in [2.45, 2.75) is 6.42 Å². The summed E-state index contributed by atoms with van der Waals surface area (Å²) in [6.07, 6.45) is -0.387. The average molecular weight is 249 g/mol. The average Bonchev–Trinajstić information content (AvgIpc) is 2.77. The number of nitro groups is 1. The Labute approximate surface area is 100 Å². The summed E-state index contributed by atoms with van der Waals surface area (Å²) in [5.74, 6) is -1.02. The Morgan fingerprint density at radius 3 is 2.94 bits per heavy atom. The number of nitrogens with zero attached hydrogens (tertiary/aromatic N) is 3. The van der Waals surface area contributed by atoms with Gasteiger partial charge in [-0.05, 0) is 0 Å². The quantitative estimate of drug-likeness (QED) is 0.639. The molecular weight excluding hydrogens is 242 g/mol. The van der Waals surface area contributed by atoms with Gasteiger partial charge in [0, 0.05) is 17.7 Å². The second kappa shape index (κ2) is 4.62. The molecule has 8 nitrogen and oxygen atoms in total. The summed E-state index contributed by atoms with van der Waals surface area (Å²) in [7, 11) is 0. The number of hydrogen-bond acceptors (Lipinski definition) is 6. The molecule has 1 aromatic carbocycles. The van der Waals surface area contributed by atoms with Crippen LogP contribution in [0.25, 0.3) is 11.4 Å². The molecule has 0 aliphatic heterocycles. The van der Waals surface area contributed by atoms with Gasteiger partial charge in [-0.25, -0.2) is 0 Å². The van der Waals surface area contributed by atoms with Crippen molar-refractivity contribution >= 4 is 11.7 Å². The van der Waals surface area contributed by atoms with E-state index in [0.717, 1.165) is 0 Å². The Hall–Kier alpha value is -2.77. The first-order chi connectivity index (χ1) is 8.56. The van der Waals surface area contributed by atoms with Crippen LogP contribution in [0.1, 0.15) is 5.89 Å². The van der Waals surface area contributed by atoms with E-state index < -0.39 is 10.9 Å². The number of carbonyl (C=O) groups is 1. The maximum absolute atomic E-state index is 10.6. The van der Waals surface area contributed by atoms with Crippen molar-refractivity contribution in [3.8, 4) is 11.4 Å². The van der Waals surface area contributed by atoms with E-state index in [1.165, 1.54) is 18.2 Å². The van der Waals surface area contributed by atoms with Crippen LogP contribution in [0.2, 0.25) is 0 Å². The lowest BCUT2D eigenvalue weighted by atomic mass is 10.2. The molecule has 0 fully saturated rings. The third-order valence-corrected chi connectivity index (χ3v) is 2.09. The number of carboxylic acid groups (broad SMARTS) is 1. The van der Waals surface area contributed by atoms with Crippen LogP contribution in [-0.4, -0.2) is 26.1 Å². The van der Waals surface area contributed by atoms with Gasteiger partial charge < -0.3 is 9.63 Å². The minimum absolute atomic E-state index is 0.0518. The molecule has 0 spiro atoms. The molecule has 0 saturated carbocycles. The SMILES string of the molecule is O=C(O)Cc1nc(-c2cccc([N+](=O)[O-])c2)no1. The minimum Gasteiger partial charge on any atom is -0.481 e. The van der Waals surface area contributed by atoms with Crippen LogP contribution in [0.4, 0.5) is 5.69 Å². The fraction of sp³-hybridized carbons (Fsp3) is 0.100. The molecular formula is C10H7N3O5. The van der Waals surface area contributed by atoms with Crippen LogP contribution >= 0.6 is 0 Å². The fourth-order valence-electron chi connectivity index (χ4n) is 1.33. The van der Waals surface area contributed by atoms with Gasteiger partial charge in [-0.1, -0.05) is 17.3 Å². The van der Waals surface area contributed by atoms with E-state index in [0.29, 0.717) is 5.56 Å². The summed E-state index contributed by atoms with van der Waals surface area (Å²) in [6.45, 7) is 0. The molecule has 0 amide bonds. The normalized spacial score (nSPS) is 10.2. The molecule has 1 heterocycles. The molecule has 1 aromatic heterocycles. The van der Waals surface area contributed by atoms with Crippen LogP contribution in [0.5, 0.6) is 0 Å². The third-order valence-electron chi connectivity index (χ3n) is 2.09. The topological polar surface area (TPSA) is 119 Å². The first kappa shape index (κ1) is 11.7. The standard InChI is InChI=1S/C10H7N3O5/c14-9(15)5-8-11-10(12-18-8)6-2-1-3-7(4-6)13(16)17/h1-4H,5H2,(H,14,15). The molecule has 2 aromatic rings. The Kier molecular flexibility index (Phi) is 3.00. The van der Waals surface area contributed by atoms with Gasteiger partial charge in [-0.3, -0.25) is 14.9 Å². The first-order valence-electron chi connectivity index (χ1n) is 4.85. The summed E-state index contributed by atoms with van der Waals surface area (Å²) < 4.78 is 4.72. The first-order valence-corrected chi connectivity index (χ1v) is 4.85. The van der Waals surface area contributed by atoms with Crippen molar-refractivity contribution in [3.05, 3.63) is 40.3 Å². The molecule has 0 radical (unpaired) electrons. The summed E-state index contributed by atoms with van der Waals surface area (Å²) in [4.78, 5) is 24.3. The summed E-state index contributed by atoms with van der Waals surface area (Å²) in [5, 5.41) is 22.7. The monoisotopic (exact) mass is 249 g/mol. The molecule has 0 aliphatic carbocycles. The molecule has 0 atom stereocenters. The van der Waals surface area contributed by atoms with Gasteiger partial charge in [0.1, 0.15) is 6.42 Å². The summed E-state index contributed by atoms with van der Waals surface area (Å²) in [6, 6.07) is 5.68. The van der Waals surface area contributed by atoms with Crippen LogP contribution < -0.4 is 0 Å². The lowest BCUT2D eigenvalue weighted by Crippen LogP contribution is -1.99. The number of non-ortho nitro benzene ring substituents is 1. The third kappa shape index (κ3) is 2.48. The lowest BCUT2D eigenvalue weighted by Gasteiger charge is -1.94. The van der Waals surface area contributed by atoms with Crippen LogP contribution in [-0.2, 0) is 11.2 Å². The highest BCUT2D eigenvalue weighted by Gasteiger charge is 2.14. The Balaban J connectivity index is 2.31. The number of rotatable bonds is 4. The van der Waals surface area contributed by atoms with Gasteiger partial charge in [0.25, 0.3) is 5.69 Å². The molecule has 2 rings (SSSR count). The number of aliphatic carboxylic acids is 1. The highest BCUT2D eigenvalue weighted by Crippen LogP contribution is 2.21. The summed E-state index contributed by atoms with van der Waals surface area (Å²) in [5.41, 5.74) is 0.293. The van der Waals surface area contributed by atoms with E-state index in [4.69, 9.17) is 9.63 Å². The van der Waals surface area contributed by atoms with E-state index in [1.54, 1.807) is 6.07 Å². The minimum atomic E-state index is -1.09. The highest BCUT2D eigenvalue weighted by atomic mass is 16.6. The van der Waals surface area contributed by atoms with E-state index >= 15 is 0 Å². The Morgan fingerprint density at radius 1 is 1.50 bits per heavy atom. The van der Waals surface area contributed by atoms with Crippen molar-refractivity contribution in [1.82, 2.24) is 10.1 Å². The molecule has 0 unspecified atom stereocenters. The van der Waals surface area contributed by atoms with E-state index in [2.05, 4.69) is 10.1 Å². The smallest absolute Gasteiger partial charge is 0.312 e. The van der Waals surface area contributed by atoms with Crippen LogP contribution in [0.15, 0.2) is 28.8 Å². The van der Waals surface area contributed by atoms with Gasteiger partial charge in [0.2, 0.25) is 11.7 Å². The van der Waals surface area contributed by atoms with Gasteiger partial charge in [0.05, 0.1) is 4.92 Å². The Morgan fingerprint density at radius 2 is 2.28 bits per heavy atom. The van der Waals surface area contributed by atoms with Gasteiger partial charge in [-0.15, -0.1) is 0 Å². The second-order valence-electron chi connectivity index (χ2n) is 3.39. The van der Waals surface area contributed by atoms with Crippen molar-refractivity contribution in [3.63, 3.8) is 0 Å². The second-order valence-corrected chi connectivity index (χ2v) is 3.39. The number of nitro benzene ring substituents is 1. The summed E-state index contributed by atoms with van der Waals surface area (Å²) >= 11 is 0. The predicted molar refractivity (Wildman–Crippen MR) is 57.7 cm³/mol. The Bertz CT molecular complexity index is 607. The van der Waals surface area contributed by atoms with E-state index in [-0.39, 0.29) is 23.8 Å². The maximum Gasteiger partial charge on any atom is 0.312 e.